The summed E-state index contributed by atoms with van der Waals surface area (Å²) in [7, 11) is 0. The van der Waals surface area contributed by atoms with E-state index >= 15 is 0 Å². The van der Waals surface area contributed by atoms with Crippen molar-refractivity contribution in [3.05, 3.63) is 113 Å². The highest BCUT2D eigenvalue weighted by atomic mass is 16.5. The van der Waals surface area contributed by atoms with Crippen LogP contribution in [0, 0.1) is 13.8 Å². The molecule has 0 atom stereocenters. The number of amides is 1. The SMILES string of the molecule is Cc1noc(C)c1COc1ccc(CC(=O)Nc2ccccc2Cc2ccccc2)cc1. The van der Waals surface area contributed by atoms with Gasteiger partial charge in [0.05, 0.1) is 17.7 Å². The van der Waals surface area contributed by atoms with E-state index in [4.69, 9.17) is 9.26 Å². The largest absolute Gasteiger partial charge is 0.489 e. The van der Waals surface area contributed by atoms with E-state index < -0.39 is 0 Å². The van der Waals surface area contributed by atoms with Crippen molar-refractivity contribution in [1.82, 2.24) is 5.16 Å². The van der Waals surface area contributed by atoms with Gasteiger partial charge in [0, 0.05) is 5.69 Å². The van der Waals surface area contributed by atoms with Crippen LogP contribution < -0.4 is 10.1 Å². The van der Waals surface area contributed by atoms with Gasteiger partial charge in [0.15, 0.2) is 0 Å². The summed E-state index contributed by atoms with van der Waals surface area (Å²) in [5.74, 6) is 1.46. The second-order valence-corrected chi connectivity index (χ2v) is 7.78. The Morgan fingerprint density at radius 1 is 0.906 bits per heavy atom. The van der Waals surface area contributed by atoms with Crippen LogP contribution in [-0.2, 0) is 24.2 Å². The van der Waals surface area contributed by atoms with E-state index in [9.17, 15) is 4.79 Å². The van der Waals surface area contributed by atoms with E-state index in [0.717, 1.165) is 46.0 Å². The van der Waals surface area contributed by atoms with Crippen LogP contribution >= 0.6 is 0 Å². The molecule has 1 aromatic heterocycles. The molecule has 0 radical (unpaired) electrons. The predicted octanol–water partition coefficient (Wildman–Crippen LogP) is 5.64. The summed E-state index contributed by atoms with van der Waals surface area (Å²) >= 11 is 0. The molecule has 0 saturated heterocycles. The number of para-hydroxylation sites is 1. The predicted molar refractivity (Wildman–Crippen MR) is 125 cm³/mol. The summed E-state index contributed by atoms with van der Waals surface area (Å²) in [5, 5.41) is 7.00. The Kier molecular flexibility index (Phi) is 6.66. The number of carbonyl (C=O) groups excluding carboxylic acids is 1. The van der Waals surface area contributed by atoms with Crippen LogP contribution in [0.1, 0.15) is 33.7 Å². The summed E-state index contributed by atoms with van der Waals surface area (Å²) in [6.07, 6.45) is 1.07. The molecule has 0 unspecified atom stereocenters. The zero-order valence-electron chi connectivity index (χ0n) is 18.3. The van der Waals surface area contributed by atoms with Gasteiger partial charge >= 0.3 is 0 Å². The van der Waals surface area contributed by atoms with E-state index in [1.54, 1.807) is 0 Å². The van der Waals surface area contributed by atoms with Crippen LogP contribution in [0.25, 0.3) is 0 Å². The Morgan fingerprint density at radius 2 is 1.62 bits per heavy atom. The molecule has 0 fully saturated rings. The maximum absolute atomic E-state index is 12.7. The van der Waals surface area contributed by atoms with Crippen LogP contribution in [0.5, 0.6) is 5.75 Å². The van der Waals surface area contributed by atoms with Crippen LogP contribution in [0.3, 0.4) is 0 Å². The molecule has 0 aliphatic rings. The summed E-state index contributed by atoms with van der Waals surface area (Å²) in [6, 6.07) is 25.8. The van der Waals surface area contributed by atoms with Crippen LogP contribution in [0.4, 0.5) is 5.69 Å². The third-order valence-corrected chi connectivity index (χ3v) is 5.38. The fraction of sp³-hybridized carbons (Fsp3) is 0.185. The van der Waals surface area contributed by atoms with E-state index in [-0.39, 0.29) is 5.91 Å². The number of nitrogens with one attached hydrogen (secondary N) is 1. The van der Waals surface area contributed by atoms with Crippen LogP contribution in [-0.4, -0.2) is 11.1 Å². The van der Waals surface area contributed by atoms with E-state index in [1.165, 1.54) is 5.56 Å². The maximum atomic E-state index is 12.7. The first-order chi connectivity index (χ1) is 15.6. The molecular weight excluding hydrogens is 400 g/mol. The molecule has 32 heavy (non-hydrogen) atoms. The van der Waals surface area contributed by atoms with E-state index in [0.29, 0.717) is 13.0 Å². The number of rotatable bonds is 8. The number of benzene rings is 3. The molecule has 5 heteroatoms. The molecule has 5 nitrogen and oxygen atoms in total. The molecule has 0 saturated carbocycles. The van der Waals surface area contributed by atoms with Gasteiger partial charge in [-0.3, -0.25) is 4.79 Å². The number of aromatic nitrogens is 1. The van der Waals surface area contributed by atoms with E-state index in [2.05, 4.69) is 22.6 Å². The molecule has 1 N–H and O–H groups in total. The van der Waals surface area contributed by atoms with Crippen molar-refractivity contribution in [2.45, 2.75) is 33.3 Å². The zero-order valence-corrected chi connectivity index (χ0v) is 18.3. The standard InChI is InChI=1S/C27H26N2O3/c1-19-25(20(2)32-29-19)18-31-24-14-12-22(13-15-24)17-27(30)28-26-11-7-6-10-23(26)16-21-8-4-3-5-9-21/h3-15H,16-18H2,1-2H3,(H,28,30). The number of ether oxygens (including phenoxy) is 1. The Labute approximate surface area is 188 Å². The fourth-order valence-corrected chi connectivity index (χ4v) is 3.56. The molecule has 1 heterocycles. The minimum Gasteiger partial charge on any atom is -0.489 e. The van der Waals surface area contributed by atoms with Crippen molar-refractivity contribution in [1.29, 1.82) is 0 Å². The van der Waals surface area contributed by atoms with Crippen LogP contribution in [0.2, 0.25) is 0 Å². The van der Waals surface area contributed by atoms with Gasteiger partial charge in [0.25, 0.3) is 0 Å². The lowest BCUT2D eigenvalue weighted by Crippen LogP contribution is -2.15. The topological polar surface area (TPSA) is 64.4 Å². The molecule has 0 spiro atoms. The lowest BCUT2D eigenvalue weighted by molar-refractivity contribution is -0.115. The Bertz CT molecular complexity index is 1160. The highest BCUT2D eigenvalue weighted by Gasteiger charge is 2.11. The van der Waals surface area contributed by atoms with Gasteiger partial charge in [0.1, 0.15) is 18.1 Å². The molecular formula is C27H26N2O3. The Hall–Kier alpha value is -3.86. The van der Waals surface area contributed by atoms with Crippen molar-refractivity contribution < 1.29 is 14.1 Å². The first-order valence-electron chi connectivity index (χ1n) is 10.6. The van der Waals surface area contributed by atoms with Gasteiger partial charge in [-0.1, -0.05) is 65.8 Å². The van der Waals surface area contributed by atoms with Gasteiger partial charge in [-0.05, 0) is 55.2 Å². The van der Waals surface area contributed by atoms with Gasteiger partial charge in [-0.25, -0.2) is 0 Å². The number of hydrogen-bond acceptors (Lipinski definition) is 4. The van der Waals surface area contributed by atoms with E-state index in [1.807, 2.05) is 80.6 Å². The van der Waals surface area contributed by atoms with Crippen molar-refractivity contribution in [2.24, 2.45) is 0 Å². The second kappa shape index (κ2) is 9.96. The van der Waals surface area contributed by atoms with Gasteiger partial charge in [-0.2, -0.15) is 0 Å². The molecule has 1 amide bonds. The Morgan fingerprint density at radius 3 is 2.34 bits per heavy atom. The molecule has 4 rings (SSSR count). The van der Waals surface area contributed by atoms with Gasteiger partial charge in [-0.15, -0.1) is 0 Å². The molecule has 0 aliphatic carbocycles. The lowest BCUT2D eigenvalue weighted by Gasteiger charge is -2.12. The Balaban J connectivity index is 1.34. The fourth-order valence-electron chi connectivity index (χ4n) is 3.56. The van der Waals surface area contributed by atoms with Crippen molar-refractivity contribution in [2.75, 3.05) is 5.32 Å². The van der Waals surface area contributed by atoms with Crippen molar-refractivity contribution >= 4 is 11.6 Å². The molecule has 162 valence electrons. The summed E-state index contributed by atoms with van der Waals surface area (Å²) in [5.41, 5.74) is 5.87. The summed E-state index contributed by atoms with van der Waals surface area (Å²) in [4.78, 5) is 12.7. The van der Waals surface area contributed by atoms with Crippen molar-refractivity contribution in [3.63, 3.8) is 0 Å². The van der Waals surface area contributed by atoms with Gasteiger partial charge < -0.3 is 14.6 Å². The number of carbonyl (C=O) groups is 1. The smallest absolute Gasteiger partial charge is 0.228 e. The third-order valence-electron chi connectivity index (χ3n) is 5.38. The molecule has 0 bridgehead atoms. The zero-order chi connectivity index (χ0) is 22.3. The highest BCUT2D eigenvalue weighted by Crippen LogP contribution is 2.21. The minimum absolute atomic E-state index is 0.0464. The number of aryl methyl sites for hydroxylation is 2. The minimum atomic E-state index is -0.0464. The lowest BCUT2D eigenvalue weighted by atomic mass is 10.0. The van der Waals surface area contributed by atoms with Crippen molar-refractivity contribution in [3.8, 4) is 5.75 Å². The third kappa shape index (κ3) is 5.43. The average Bonchev–Trinajstić information content (AvgIpc) is 3.12. The maximum Gasteiger partial charge on any atom is 0.228 e. The molecule has 4 aromatic rings. The molecule has 0 aliphatic heterocycles. The first-order valence-corrected chi connectivity index (χ1v) is 10.6. The molecule has 3 aromatic carbocycles. The average molecular weight is 427 g/mol. The monoisotopic (exact) mass is 426 g/mol. The number of anilines is 1. The summed E-state index contributed by atoms with van der Waals surface area (Å²) < 4.78 is 11.0. The summed E-state index contributed by atoms with van der Waals surface area (Å²) in [6.45, 7) is 4.17. The highest BCUT2D eigenvalue weighted by molar-refractivity contribution is 5.93. The second-order valence-electron chi connectivity index (χ2n) is 7.78. The van der Waals surface area contributed by atoms with Gasteiger partial charge in [0.2, 0.25) is 5.91 Å². The quantitative estimate of drug-likeness (QED) is 0.396. The normalized spacial score (nSPS) is 10.7. The number of hydrogen-bond donors (Lipinski definition) is 1. The number of nitrogens with zero attached hydrogens (tertiary/aromatic N) is 1. The van der Waals surface area contributed by atoms with Crippen LogP contribution in [0.15, 0.2) is 83.4 Å². The first kappa shape index (κ1) is 21.4.